The summed E-state index contributed by atoms with van der Waals surface area (Å²) in [4.78, 5) is 42.7. The molecule has 0 aromatic carbocycles. The number of piperidine rings is 1. The molecule has 0 saturated carbocycles. The number of carbonyl (C=O) groups is 3. The molecule has 8 nitrogen and oxygen atoms in total. The molecule has 1 saturated heterocycles. The largest absolute Gasteiger partial charge is 0.356 e. The van der Waals surface area contributed by atoms with Crippen LogP contribution in [0.15, 0.2) is 5.38 Å². The van der Waals surface area contributed by atoms with Crippen molar-refractivity contribution in [1.82, 2.24) is 26.1 Å². The highest BCUT2D eigenvalue weighted by Crippen LogP contribution is 2.21. The summed E-state index contributed by atoms with van der Waals surface area (Å²) in [5.74, 6) is -0.619. The number of aromatic nitrogens is 1. The zero-order chi connectivity index (χ0) is 20.5. The zero-order valence-electron chi connectivity index (χ0n) is 16.9. The van der Waals surface area contributed by atoms with Crippen molar-refractivity contribution in [1.29, 1.82) is 0 Å². The van der Waals surface area contributed by atoms with Crippen LogP contribution in [0, 0.1) is 12.8 Å². The zero-order valence-corrected chi connectivity index (χ0v) is 17.7. The summed E-state index contributed by atoms with van der Waals surface area (Å²) in [6.45, 7) is 7.42. The molecule has 0 bridgehead atoms. The Kier molecular flexibility index (Phi) is 8.85. The van der Waals surface area contributed by atoms with E-state index in [1.54, 1.807) is 0 Å². The van der Waals surface area contributed by atoms with Crippen molar-refractivity contribution in [3.05, 3.63) is 16.1 Å². The lowest BCUT2D eigenvalue weighted by Crippen LogP contribution is -2.52. The fourth-order valence-corrected chi connectivity index (χ4v) is 3.95. The molecule has 1 aliphatic heterocycles. The minimum atomic E-state index is -0.303. The van der Waals surface area contributed by atoms with Crippen LogP contribution in [0.3, 0.4) is 0 Å². The average molecular weight is 410 g/mol. The lowest BCUT2D eigenvalue weighted by Gasteiger charge is -2.36. The summed E-state index contributed by atoms with van der Waals surface area (Å²) >= 11 is 1.42. The lowest BCUT2D eigenvalue weighted by molar-refractivity contribution is -0.131. The van der Waals surface area contributed by atoms with Crippen LogP contribution in [-0.4, -0.2) is 53.3 Å². The Hall–Kier alpha value is -2.00. The number of hydrogen-bond acceptors (Lipinski definition) is 6. The van der Waals surface area contributed by atoms with E-state index >= 15 is 0 Å². The topological polar surface area (TPSA) is 103 Å². The highest BCUT2D eigenvalue weighted by molar-refractivity contribution is 7.09. The molecule has 0 aliphatic carbocycles. The van der Waals surface area contributed by atoms with Gasteiger partial charge in [0, 0.05) is 30.2 Å². The third-order valence-corrected chi connectivity index (χ3v) is 5.84. The van der Waals surface area contributed by atoms with E-state index in [0.717, 1.165) is 31.4 Å². The summed E-state index contributed by atoms with van der Waals surface area (Å²) < 4.78 is 0. The molecule has 9 heteroatoms. The number of amides is 3. The van der Waals surface area contributed by atoms with E-state index in [2.05, 4.69) is 35.0 Å². The van der Waals surface area contributed by atoms with Crippen LogP contribution in [-0.2, 0) is 20.8 Å². The van der Waals surface area contributed by atoms with Gasteiger partial charge in [-0.15, -0.1) is 11.3 Å². The molecule has 0 radical (unpaired) electrons. The van der Waals surface area contributed by atoms with Crippen molar-refractivity contribution in [2.45, 2.75) is 58.9 Å². The van der Waals surface area contributed by atoms with Crippen LogP contribution in [0.1, 0.15) is 50.2 Å². The summed E-state index contributed by atoms with van der Waals surface area (Å²) in [5, 5.41) is 5.58. The Balaban J connectivity index is 1.74. The van der Waals surface area contributed by atoms with Crippen molar-refractivity contribution in [2.75, 3.05) is 19.6 Å². The Morgan fingerprint density at radius 3 is 2.68 bits per heavy atom. The van der Waals surface area contributed by atoms with E-state index in [9.17, 15) is 14.4 Å². The highest BCUT2D eigenvalue weighted by Gasteiger charge is 2.30. The molecule has 3 N–H and O–H groups in total. The maximum atomic E-state index is 12.3. The first-order valence-electron chi connectivity index (χ1n) is 9.89. The van der Waals surface area contributed by atoms with Crippen LogP contribution in [0.5, 0.6) is 0 Å². The number of rotatable bonds is 8. The smallest absolute Gasteiger partial charge is 0.252 e. The molecule has 1 fully saturated rings. The first-order valence-corrected chi connectivity index (χ1v) is 10.8. The first kappa shape index (κ1) is 22.3. The van der Waals surface area contributed by atoms with E-state index < -0.39 is 0 Å². The number of hydrazine groups is 1. The summed E-state index contributed by atoms with van der Waals surface area (Å²) in [6, 6.07) is 0.222. The molecule has 1 aromatic rings. The number of thiazole rings is 1. The van der Waals surface area contributed by atoms with Gasteiger partial charge in [0.15, 0.2) is 0 Å². The fraction of sp³-hybridized carbons (Fsp3) is 0.684. The molecule has 28 heavy (non-hydrogen) atoms. The fourth-order valence-electron chi connectivity index (χ4n) is 3.18. The van der Waals surface area contributed by atoms with Crippen molar-refractivity contribution < 1.29 is 14.4 Å². The lowest BCUT2D eigenvalue weighted by atomic mass is 9.92. The van der Waals surface area contributed by atoms with Crippen molar-refractivity contribution in [2.24, 2.45) is 5.92 Å². The van der Waals surface area contributed by atoms with Gasteiger partial charge < -0.3 is 5.32 Å². The maximum absolute atomic E-state index is 12.3. The van der Waals surface area contributed by atoms with E-state index in [1.165, 1.54) is 11.3 Å². The number of unbranched alkanes of at least 4 members (excludes halogenated alkanes) is 1. The van der Waals surface area contributed by atoms with Gasteiger partial charge in [-0.2, -0.15) is 0 Å². The van der Waals surface area contributed by atoms with Crippen LogP contribution >= 0.6 is 11.3 Å². The summed E-state index contributed by atoms with van der Waals surface area (Å²) in [5.41, 5.74) is 5.77. The predicted molar refractivity (Wildman–Crippen MR) is 109 cm³/mol. The Morgan fingerprint density at radius 2 is 2.00 bits per heavy atom. The van der Waals surface area contributed by atoms with E-state index in [4.69, 9.17) is 0 Å². The molecule has 2 atom stereocenters. The van der Waals surface area contributed by atoms with Gasteiger partial charge in [-0.05, 0) is 33.1 Å². The minimum absolute atomic E-state index is 0.0674. The summed E-state index contributed by atoms with van der Waals surface area (Å²) in [6.07, 6.45) is 3.86. The molecule has 2 unspecified atom stereocenters. The van der Waals surface area contributed by atoms with Gasteiger partial charge in [0.2, 0.25) is 11.8 Å². The summed E-state index contributed by atoms with van der Waals surface area (Å²) in [7, 11) is 0. The number of carbonyl (C=O) groups excluding carboxylic acids is 3. The molecular formula is C19H31N5O3S. The van der Waals surface area contributed by atoms with E-state index in [-0.39, 0.29) is 42.6 Å². The minimum Gasteiger partial charge on any atom is -0.356 e. The second-order valence-corrected chi connectivity index (χ2v) is 8.30. The standard InChI is InChI=1S/C19H31N5O3S/c1-4-5-8-20-19(27)15-7-6-14(3)24(10-15)11-17(26)23-22-16(25)9-18-21-13(2)12-28-18/h12,14-15H,4-11H2,1-3H3,(H,20,27)(H,22,25)(H,23,26). The van der Waals surface area contributed by atoms with Gasteiger partial charge in [-0.1, -0.05) is 13.3 Å². The van der Waals surface area contributed by atoms with Crippen LogP contribution in [0.4, 0.5) is 0 Å². The third kappa shape index (κ3) is 7.20. The number of aryl methyl sites for hydroxylation is 1. The molecule has 0 spiro atoms. The van der Waals surface area contributed by atoms with Crippen molar-refractivity contribution >= 4 is 29.1 Å². The molecule has 2 rings (SSSR count). The van der Waals surface area contributed by atoms with Crippen molar-refractivity contribution in [3.63, 3.8) is 0 Å². The van der Waals surface area contributed by atoms with Gasteiger partial charge in [0.25, 0.3) is 5.91 Å². The Morgan fingerprint density at radius 1 is 1.25 bits per heavy atom. The first-order chi connectivity index (χ1) is 13.4. The van der Waals surface area contributed by atoms with Crippen LogP contribution < -0.4 is 16.2 Å². The second kappa shape index (κ2) is 11.1. The van der Waals surface area contributed by atoms with Crippen LogP contribution in [0.2, 0.25) is 0 Å². The normalized spacial score (nSPS) is 19.8. The van der Waals surface area contributed by atoms with Gasteiger partial charge in [0.05, 0.1) is 18.9 Å². The average Bonchev–Trinajstić information content (AvgIpc) is 3.06. The van der Waals surface area contributed by atoms with E-state index in [0.29, 0.717) is 18.1 Å². The Labute approximate surface area is 170 Å². The quantitative estimate of drug-likeness (QED) is 0.442. The number of hydrogen-bond donors (Lipinski definition) is 3. The molecule has 3 amide bonds. The monoisotopic (exact) mass is 409 g/mol. The SMILES string of the molecule is CCCCNC(=O)C1CCC(C)N(CC(=O)NNC(=O)Cc2nc(C)cs2)C1. The van der Waals surface area contributed by atoms with Crippen LogP contribution in [0.25, 0.3) is 0 Å². The molecule has 2 heterocycles. The predicted octanol–water partition coefficient (Wildman–Crippen LogP) is 1.16. The van der Waals surface area contributed by atoms with Gasteiger partial charge in [-0.25, -0.2) is 4.98 Å². The third-order valence-electron chi connectivity index (χ3n) is 4.88. The number of nitrogens with one attached hydrogen (secondary N) is 3. The van der Waals surface area contributed by atoms with Gasteiger partial charge >= 0.3 is 0 Å². The maximum Gasteiger partial charge on any atom is 0.252 e. The second-order valence-electron chi connectivity index (χ2n) is 7.35. The molecule has 156 valence electrons. The number of likely N-dealkylation sites (tertiary alicyclic amines) is 1. The highest BCUT2D eigenvalue weighted by atomic mass is 32.1. The Bertz CT molecular complexity index is 678. The van der Waals surface area contributed by atoms with Gasteiger partial charge in [-0.3, -0.25) is 30.1 Å². The molecular weight excluding hydrogens is 378 g/mol. The number of nitrogens with zero attached hydrogens (tertiary/aromatic N) is 2. The van der Waals surface area contributed by atoms with Crippen molar-refractivity contribution in [3.8, 4) is 0 Å². The molecule has 1 aliphatic rings. The molecule has 1 aromatic heterocycles. The van der Waals surface area contributed by atoms with E-state index in [1.807, 2.05) is 17.2 Å². The van der Waals surface area contributed by atoms with Gasteiger partial charge in [0.1, 0.15) is 5.01 Å².